The van der Waals surface area contributed by atoms with E-state index in [1.165, 1.54) is 11.9 Å². The van der Waals surface area contributed by atoms with E-state index in [4.69, 9.17) is 11.6 Å². The Balaban J connectivity index is 1.48. The minimum atomic E-state index is -0.460. The number of nitrogens with one attached hydrogen (secondary N) is 2. The number of benzene rings is 1. The molecule has 162 valence electrons. The lowest BCUT2D eigenvalue weighted by atomic mass is 9.99. The van der Waals surface area contributed by atoms with Crippen LogP contribution in [0.2, 0.25) is 5.02 Å². The van der Waals surface area contributed by atoms with E-state index in [2.05, 4.69) is 26.7 Å². The van der Waals surface area contributed by atoms with E-state index in [9.17, 15) is 14.9 Å². The lowest BCUT2D eigenvalue weighted by Gasteiger charge is -2.27. The first-order chi connectivity index (χ1) is 15.0. The predicted octanol–water partition coefficient (Wildman–Crippen LogP) is 2.77. The maximum atomic E-state index is 11.8. The first-order valence-electron chi connectivity index (χ1n) is 9.99. The van der Waals surface area contributed by atoms with Gasteiger partial charge in [0.25, 0.3) is 0 Å². The summed E-state index contributed by atoms with van der Waals surface area (Å²) in [4.78, 5) is 34.8. The Morgan fingerprint density at radius 1 is 1.23 bits per heavy atom. The van der Waals surface area contributed by atoms with Gasteiger partial charge in [-0.25, -0.2) is 14.8 Å². The Morgan fingerprint density at radius 3 is 2.68 bits per heavy atom. The van der Waals surface area contributed by atoms with E-state index in [1.807, 2.05) is 29.2 Å². The van der Waals surface area contributed by atoms with Crippen LogP contribution in [0.4, 0.5) is 22.1 Å². The molecule has 0 bridgehead atoms. The van der Waals surface area contributed by atoms with Crippen molar-refractivity contribution in [3.05, 3.63) is 57.4 Å². The summed E-state index contributed by atoms with van der Waals surface area (Å²) in [5.41, 5.74) is 2.11. The van der Waals surface area contributed by atoms with Crippen molar-refractivity contribution in [3.8, 4) is 0 Å². The third-order valence-electron chi connectivity index (χ3n) is 5.33. The highest BCUT2D eigenvalue weighted by molar-refractivity contribution is 6.30. The van der Waals surface area contributed by atoms with Gasteiger partial charge < -0.3 is 20.4 Å². The molecule has 10 nitrogen and oxygen atoms in total. The van der Waals surface area contributed by atoms with Crippen LogP contribution in [0.3, 0.4) is 0 Å². The quantitative estimate of drug-likeness (QED) is 0.499. The number of hydrogen-bond donors (Lipinski definition) is 2. The summed E-state index contributed by atoms with van der Waals surface area (Å²) >= 11 is 5.96. The van der Waals surface area contributed by atoms with Crippen molar-refractivity contribution < 1.29 is 9.72 Å². The number of carbonyl (C=O) groups excluding carboxylic acids is 1. The third kappa shape index (κ3) is 4.69. The second-order valence-corrected chi connectivity index (χ2v) is 7.67. The lowest BCUT2D eigenvalue weighted by molar-refractivity contribution is -0.383. The number of carbonyl (C=O) groups is 1. The van der Waals surface area contributed by atoms with Crippen molar-refractivity contribution in [1.82, 2.24) is 20.2 Å². The molecule has 0 spiro atoms. The molecule has 11 heteroatoms. The first kappa shape index (κ1) is 20.9. The van der Waals surface area contributed by atoms with E-state index < -0.39 is 4.92 Å². The topological polar surface area (TPSA) is 117 Å². The Morgan fingerprint density at radius 2 is 2.03 bits per heavy atom. The van der Waals surface area contributed by atoms with Crippen LogP contribution in [0.15, 0.2) is 36.7 Å². The molecule has 2 amide bonds. The molecular formula is C20H22ClN7O3. The second kappa shape index (κ2) is 9.17. The fourth-order valence-corrected chi connectivity index (χ4v) is 3.85. The van der Waals surface area contributed by atoms with Gasteiger partial charge in [-0.1, -0.05) is 29.8 Å². The van der Waals surface area contributed by atoms with Gasteiger partial charge in [0.2, 0.25) is 11.6 Å². The van der Waals surface area contributed by atoms with Gasteiger partial charge in [0.15, 0.2) is 0 Å². The summed E-state index contributed by atoms with van der Waals surface area (Å²) in [6.45, 7) is 3.11. The van der Waals surface area contributed by atoms with Crippen LogP contribution in [0.25, 0.3) is 5.57 Å². The Labute approximate surface area is 184 Å². The van der Waals surface area contributed by atoms with E-state index in [0.717, 1.165) is 12.0 Å². The van der Waals surface area contributed by atoms with E-state index >= 15 is 0 Å². The molecular weight excluding hydrogens is 422 g/mol. The van der Waals surface area contributed by atoms with Gasteiger partial charge in [-0.2, -0.15) is 0 Å². The van der Waals surface area contributed by atoms with Gasteiger partial charge in [-0.05, 0) is 29.7 Å². The van der Waals surface area contributed by atoms with Gasteiger partial charge in [0.1, 0.15) is 6.33 Å². The summed E-state index contributed by atoms with van der Waals surface area (Å²) in [5, 5.41) is 18.2. The fourth-order valence-electron chi connectivity index (χ4n) is 3.72. The summed E-state index contributed by atoms with van der Waals surface area (Å²) in [6, 6.07) is 7.52. The van der Waals surface area contributed by atoms with Crippen LogP contribution >= 0.6 is 11.6 Å². The minimum absolute atomic E-state index is 0.128. The van der Waals surface area contributed by atoms with Crippen molar-refractivity contribution in [3.63, 3.8) is 0 Å². The normalized spacial score (nSPS) is 16.2. The van der Waals surface area contributed by atoms with E-state index in [0.29, 0.717) is 44.3 Å². The fraction of sp³-hybridized carbons (Fsp3) is 0.350. The molecule has 1 fully saturated rings. The van der Waals surface area contributed by atoms with Gasteiger partial charge in [-0.15, -0.1) is 0 Å². The average Bonchev–Trinajstić information content (AvgIpc) is 3.19. The largest absolute Gasteiger partial charge is 0.362 e. The molecule has 0 aliphatic carbocycles. The molecule has 0 unspecified atom stereocenters. The Hall–Kier alpha value is -3.40. The zero-order chi connectivity index (χ0) is 21.8. The van der Waals surface area contributed by atoms with Gasteiger partial charge in [0, 0.05) is 44.3 Å². The molecule has 3 heterocycles. The van der Waals surface area contributed by atoms with Gasteiger partial charge in [-0.3, -0.25) is 10.1 Å². The van der Waals surface area contributed by atoms with Crippen molar-refractivity contribution in [2.24, 2.45) is 0 Å². The molecule has 0 radical (unpaired) electrons. The molecule has 1 saturated heterocycles. The number of rotatable bonds is 7. The standard InChI is InChI=1S/C20H22ClN7O3/c21-16-3-1-14(2-4-16)15-5-9-26(10-6-15)19-17(28(30)31)18(24-13-25-19)22-7-11-27-12-8-23-20(27)29/h1-5,13H,6-12H2,(H,23,29)(H,22,24,25). The molecule has 2 N–H and O–H groups in total. The number of amides is 2. The maximum absolute atomic E-state index is 11.8. The zero-order valence-corrected chi connectivity index (χ0v) is 17.5. The molecule has 2 aliphatic heterocycles. The summed E-state index contributed by atoms with van der Waals surface area (Å²) < 4.78 is 0. The highest BCUT2D eigenvalue weighted by atomic mass is 35.5. The van der Waals surface area contributed by atoms with Crippen LogP contribution in [0.1, 0.15) is 12.0 Å². The van der Waals surface area contributed by atoms with Crippen LogP contribution in [-0.4, -0.2) is 65.1 Å². The van der Waals surface area contributed by atoms with Crippen LogP contribution in [0.5, 0.6) is 0 Å². The highest BCUT2D eigenvalue weighted by Gasteiger charge is 2.28. The molecule has 0 atom stereocenters. The smallest absolute Gasteiger partial charge is 0.353 e. The van der Waals surface area contributed by atoms with Gasteiger partial charge in [0.05, 0.1) is 4.92 Å². The summed E-state index contributed by atoms with van der Waals surface area (Å²) in [7, 11) is 0. The number of nitro groups is 1. The second-order valence-electron chi connectivity index (χ2n) is 7.23. The number of halogens is 1. The van der Waals surface area contributed by atoms with Gasteiger partial charge >= 0.3 is 11.7 Å². The zero-order valence-electron chi connectivity index (χ0n) is 16.8. The lowest BCUT2D eigenvalue weighted by Crippen LogP contribution is -2.33. The summed E-state index contributed by atoms with van der Waals surface area (Å²) in [6.07, 6.45) is 4.11. The number of nitrogens with zero attached hydrogens (tertiary/aromatic N) is 5. The molecule has 1 aromatic carbocycles. The van der Waals surface area contributed by atoms with Crippen molar-refractivity contribution in [2.75, 3.05) is 49.5 Å². The van der Waals surface area contributed by atoms with Crippen molar-refractivity contribution in [2.45, 2.75) is 6.42 Å². The molecule has 2 aliphatic rings. The van der Waals surface area contributed by atoms with Crippen molar-refractivity contribution in [1.29, 1.82) is 0 Å². The Bertz CT molecular complexity index is 1010. The average molecular weight is 444 g/mol. The van der Waals surface area contributed by atoms with E-state index in [-0.39, 0.29) is 23.4 Å². The number of hydrogen-bond acceptors (Lipinski definition) is 7. The van der Waals surface area contributed by atoms with Crippen LogP contribution in [0, 0.1) is 10.1 Å². The van der Waals surface area contributed by atoms with E-state index in [1.54, 1.807) is 4.90 Å². The maximum Gasteiger partial charge on any atom is 0.353 e. The first-order valence-corrected chi connectivity index (χ1v) is 10.4. The molecule has 31 heavy (non-hydrogen) atoms. The van der Waals surface area contributed by atoms with Crippen molar-refractivity contribution >= 4 is 40.5 Å². The predicted molar refractivity (Wildman–Crippen MR) is 118 cm³/mol. The molecule has 1 aromatic heterocycles. The van der Waals surface area contributed by atoms with Crippen LogP contribution in [-0.2, 0) is 0 Å². The molecule has 0 saturated carbocycles. The minimum Gasteiger partial charge on any atom is -0.362 e. The number of anilines is 2. The third-order valence-corrected chi connectivity index (χ3v) is 5.58. The highest BCUT2D eigenvalue weighted by Crippen LogP contribution is 2.34. The number of urea groups is 1. The number of aromatic nitrogens is 2. The molecule has 4 rings (SSSR count). The van der Waals surface area contributed by atoms with Crippen LogP contribution < -0.4 is 15.5 Å². The Kier molecular flexibility index (Phi) is 6.17. The summed E-state index contributed by atoms with van der Waals surface area (Å²) in [5.74, 6) is 0.440. The monoisotopic (exact) mass is 443 g/mol. The SMILES string of the molecule is O=C1NCCN1CCNc1ncnc(N2CC=C(c3ccc(Cl)cc3)CC2)c1[N+](=O)[O-]. The molecule has 2 aromatic rings.